The Morgan fingerprint density at radius 3 is 2.31 bits per heavy atom. The summed E-state index contributed by atoms with van der Waals surface area (Å²) in [5.41, 5.74) is 3.75. The van der Waals surface area contributed by atoms with Crippen molar-refractivity contribution in [3.8, 4) is 0 Å². The monoisotopic (exact) mass is 339 g/mol. The largest absolute Gasteiger partial charge is 0.465 e. The van der Waals surface area contributed by atoms with Crippen LogP contribution in [0.4, 0.5) is 5.69 Å². The molecule has 1 aliphatic heterocycles. The van der Waals surface area contributed by atoms with Crippen LogP contribution < -0.4 is 4.90 Å². The summed E-state index contributed by atoms with van der Waals surface area (Å²) in [6.07, 6.45) is 1.49. The Labute approximate surface area is 151 Å². The molecule has 3 aromatic carbocycles. The Balaban J connectivity index is 1.59. The lowest BCUT2D eigenvalue weighted by molar-refractivity contribution is 0.0312. The molecule has 26 heavy (non-hydrogen) atoms. The molecule has 6 rings (SSSR count). The second-order valence-electron chi connectivity index (χ2n) is 6.90. The zero-order chi connectivity index (χ0) is 17.1. The molecule has 3 nitrogen and oxygen atoms in total. The van der Waals surface area contributed by atoms with Gasteiger partial charge < -0.3 is 14.1 Å². The second kappa shape index (κ2) is 5.23. The highest BCUT2D eigenvalue weighted by Crippen LogP contribution is 2.58. The molecule has 1 saturated heterocycles. The number of ether oxygens (including phenoxy) is 1. The smallest absolute Gasteiger partial charge is 0.190 e. The van der Waals surface area contributed by atoms with Crippen LogP contribution >= 0.6 is 0 Å². The molecule has 0 amide bonds. The van der Waals surface area contributed by atoms with Gasteiger partial charge in [0.05, 0.1) is 12.3 Å². The van der Waals surface area contributed by atoms with Crippen LogP contribution in [0.1, 0.15) is 35.3 Å². The summed E-state index contributed by atoms with van der Waals surface area (Å²) in [5.74, 6) is 0.841. The van der Waals surface area contributed by atoms with E-state index in [0.717, 1.165) is 11.4 Å². The fraction of sp³-hybridized carbons (Fsp3) is 0.130. The molecule has 0 bridgehead atoms. The topological polar surface area (TPSA) is 25.6 Å². The number of anilines is 1. The highest BCUT2D eigenvalue weighted by molar-refractivity contribution is 5.92. The summed E-state index contributed by atoms with van der Waals surface area (Å²) < 4.78 is 12.3. The molecule has 0 spiro atoms. The van der Waals surface area contributed by atoms with E-state index in [9.17, 15) is 0 Å². The molecule has 3 heteroatoms. The predicted molar refractivity (Wildman–Crippen MR) is 101 cm³/mol. The Hall–Kier alpha value is -3.04. The van der Waals surface area contributed by atoms with Gasteiger partial charge in [0.1, 0.15) is 6.10 Å². The summed E-state index contributed by atoms with van der Waals surface area (Å²) in [6, 6.07) is 27.6. The fourth-order valence-electron chi connectivity index (χ4n) is 4.54. The summed E-state index contributed by atoms with van der Waals surface area (Å²) in [4.78, 5) is 2.36. The van der Waals surface area contributed by atoms with Gasteiger partial charge in [-0.3, -0.25) is 0 Å². The molecular weight excluding hydrogens is 322 g/mol. The van der Waals surface area contributed by atoms with Crippen molar-refractivity contribution in [1.82, 2.24) is 0 Å². The van der Waals surface area contributed by atoms with Crippen molar-refractivity contribution >= 4 is 16.5 Å². The van der Waals surface area contributed by atoms with Crippen LogP contribution in [-0.4, -0.2) is 0 Å². The SMILES string of the molecule is c1ccc(N2[C@@H]3c4cccc5cccc(c45)[C@H]3O[C@H]2c2ccco2)cc1. The van der Waals surface area contributed by atoms with Crippen molar-refractivity contribution in [2.24, 2.45) is 0 Å². The van der Waals surface area contributed by atoms with Gasteiger partial charge in [-0.1, -0.05) is 54.6 Å². The number of para-hydroxylation sites is 1. The van der Waals surface area contributed by atoms with Crippen molar-refractivity contribution in [2.45, 2.75) is 18.4 Å². The van der Waals surface area contributed by atoms with E-state index in [1.54, 1.807) is 6.26 Å². The third-order valence-electron chi connectivity index (χ3n) is 5.55. The Morgan fingerprint density at radius 2 is 1.54 bits per heavy atom. The highest BCUT2D eigenvalue weighted by atomic mass is 16.5. The lowest BCUT2D eigenvalue weighted by Crippen LogP contribution is -2.26. The lowest BCUT2D eigenvalue weighted by Gasteiger charge is -2.29. The first-order valence-corrected chi connectivity index (χ1v) is 8.95. The van der Waals surface area contributed by atoms with Gasteiger partial charge in [-0.05, 0) is 46.2 Å². The first-order chi connectivity index (χ1) is 12.9. The van der Waals surface area contributed by atoms with Crippen molar-refractivity contribution < 1.29 is 9.15 Å². The van der Waals surface area contributed by atoms with Crippen molar-refractivity contribution in [1.29, 1.82) is 0 Å². The van der Waals surface area contributed by atoms with Crippen LogP contribution in [-0.2, 0) is 4.74 Å². The number of hydrogen-bond acceptors (Lipinski definition) is 3. The van der Waals surface area contributed by atoms with E-state index >= 15 is 0 Å². The van der Waals surface area contributed by atoms with Gasteiger partial charge in [-0.2, -0.15) is 0 Å². The standard InChI is InChI=1S/C23H17NO2/c1-2-9-16(10-3-1)24-21-17-11-4-7-15-8-5-12-18(20(15)17)22(21)26-23(24)19-13-6-14-25-19/h1-14,21-23H/t21-,22-,23+/m1/s1. The molecule has 0 unspecified atom stereocenters. The molecule has 3 atom stereocenters. The van der Waals surface area contributed by atoms with Gasteiger partial charge in [0, 0.05) is 5.69 Å². The van der Waals surface area contributed by atoms with Gasteiger partial charge in [-0.15, -0.1) is 0 Å². The molecule has 126 valence electrons. The zero-order valence-corrected chi connectivity index (χ0v) is 14.1. The predicted octanol–water partition coefficient (Wildman–Crippen LogP) is 5.76. The molecule has 2 heterocycles. The molecule has 0 radical (unpaired) electrons. The fourth-order valence-corrected chi connectivity index (χ4v) is 4.54. The average molecular weight is 339 g/mol. The maximum Gasteiger partial charge on any atom is 0.190 e. The molecule has 1 aromatic heterocycles. The molecule has 0 saturated carbocycles. The van der Waals surface area contributed by atoms with E-state index in [-0.39, 0.29) is 18.4 Å². The van der Waals surface area contributed by atoms with Gasteiger partial charge in [0.25, 0.3) is 0 Å². The van der Waals surface area contributed by atoms with E-state index in [4.69, 9.17) is 9.15 Å². The van der Waals surface area contributed by atoms with Crippen LogP contribution in [0.2, 0.25) is 0 Å². The van der Waals surface area contributed by atoms with E-state index in [0.29, 0.717) is 0 Å². The Morgan fingerprint density at radius 1 is 0.731 bits per heavy atom. The average Bonchev–Trinajstić information content (AvgIpc) is 3.40. The summed E-state index contributed by atoms with van der Waals surface area (Å²) in [7, 11) is 0. The van der Waals surface area contributed by atoms with Gasteiger partial charge in [-0.25, -0.2) is 0 Å². The maximum absolute atomic E-state index is 6.60. The third-order valence-corrected chi connectivity index (χ3v) is 5.55. The van der Waals surface area contributed by atoms with E-state index in [2.05, 4.69) is 65.6 Å². The number of hydrogen-bond donors (Lipinski definition) is 0. The molecule has 4 aromatic rings. The minimum Gasteiger partial charge on any atom is -0.465 e. The first kappa shape index (κ1) is 14.2. The summed E-state index contributed by atoms with van der Waals surface area (Å²) in [6.45, 7) is 0. The van der Waals surface area contributed by atoms with Crippen molar-refractivity contribution in [3.63, 3.8) is 0 Å². The maximum atomic E-state index is 6.60. The normalized spacial score (nSPS) is 23.5. The summed E-state index contributed by atoms with van der Waals surface area (Å²) in [5, 5.41) is 2.62. The molecule has 1 aliphatic carbocycles. The molecule has 2 aliphatic rings. The number of nitrogens with zero attached hydrogens (tertiary/aromatic N) is 1. The van der Waals surface area contributed by atoms with E-state index in [1.807, 2.05) is 18.2 Å². The molecular formula is C23H17NO2. The van der Waals surface area contributed by atoms with Gasteiger partial charge in [0.2, 0.25) is 0 Å². The third kappa shape index (κ3) is 1.81. The van der Waals surface area contributed by atoms with Gasteiger partial charge in [0.15, 0.2) is 12.0 Å². The number of rotatable bonds is 2. The van der Waals surface area contributed by atoms with Crippen LogP contribution in [0.3, 0.4) is 0 Å². The van der Waals surface area contributed by atoms with Crippen molar-refractivity contribution in [2.75, 3.05) is 4.90 Å². The number of benzene rings is 3. The number of furan rings is 1. The second-order valence-corrected chi connectivity index (χ2v) is 6.90. The number of fused-ring (bicyclic) bond motifs is 3. The highest BCUT2D eigenvalue weighted by Gasteiger charge is 2.50. The quantitative estimate of drug-likeness (QED) is 0.464. The Kier molecular flexibility index (Phi) is 2.85. The zero-order valence-electron chi connectivity index (χ0n) is 14.1. The lowest BCUT2D eigenvalue weighted by atomic mass is 10.0. The molecule has 0 N–H and O–H groups in total. The van der Waals surface area contributed by atoms with Crippen LogP contribution in [0, 0.1) is 0 Å². The van der Waals surface area contributed by atoms with Gasteiger partial charge >= 0.3 is 0 Å². The minimum atomic E-state index is -0.231. The Bertz CT molecular complexity index is 1080. The minimum absolute atomic E-state index is 0.00593. The van der Waals surface area contributed by atoms with Crippen LogP contribution in [0.25, 0.3) is 10.8 Å². The molecule has 1 fully saturated rings. The summed E-state index contributed by atoms with van der Waals surface area (Å²) >= 11 is 0. The van der Waals surface area contributed by atoms with Crippen molar-refractivity contribution in [3.05, 3.63) is 102 Å². The van der Waals surface area contributed by atoms with Crippen LogP contribution in [0.15, 0.2) is 89.5 Å². The van der Waals surface area contributed by atoms with E-state index in [1.165, 1.54) is 21.9 Å². The van der Waals surface area contributed by atoms with Crippen LogP contribution in [0.5, 0.6) is 0 Å². The van der Waals surface area contributed by atoms with E-state index < -0.39 is 0 Å². The first-order valence-electron chi connectivity index (χ1n) is 8.95.